The molecule has 2 aromatic carbocycles. The first kappa shape index (κ1) is 17.5. The summed E-state index contributed by atoms with van der Waals surface area (Å²) in [6.45, 7) is 0. The van der Waals surface area contributed by atoms with E-state index in [1.165, 1.54) is 7.11 Å². The number of ether oxygens (including phenoxy) is 1. The first-order chi connectivity index (χ1) is 11.6. The van der Waals surface area contributed by atoms with Crippen LogP contribution in [0.1, 0.15) is 28.8 Å². The Labute approximate surface area is 141 Å². The number of hydrogen-bond donors (Lipinski definition) is 2. The molecule has 0 heterocycles. The molecule has 0 fully saturated rings. The zero-order valence-corrected chi connectivity index (χ0v) is 13.6. The van der Waals surface area contributed by atoms with Gasteiger partial charge in [-0.2, -0.15) is 0 Å². The Balaban J connectivity index is 2.11. The standard InChI is InChI=1S/C19H21NO4/c1-24-17-10-6-5-9-16(17)19(23)20-15(11-12-18(21)22)13-14-7-3-2-4-8-14/h2-10,15H,11-13H2,1H3,(H,20,23)(H,21,22). The molecule has 2 aromatic rings. The van der Waals surface area contributed by atoms with Crippen LogP contribution >= 0.6 is 0 Å². The Hall–Kier alpha value is -2.82. The molecule has 5 heteroatoms. The molecule has 2 N–H and O–H groups in total. The Morgan fingerprint density at radius 2 is 1.75 bits per heavy atom. The quantitative estimate of drug-likeness (QED) is 0.782. The van der Waals surface area contributed by atoms with Gasteiger partial charge in [-0.25, -0.2) is 0 Å². The molecule has 0 aliphatic carbocycles. The minimum Gasteiger partial charge on any atom is -0.496 e. The molecular formula is C19H21NO4. The van der Waals surface area contributed by atoms with E-state index in [4.69, 9.17) is 9.84 Å². The maximum Gasteiger partial charge on any atom is 0.303 e. The summed E-state index contributed by atoms with van der Waals surface area (Å²) >= 11 is 0. The summed E-state index contributed by atoms with van der Waals surface area (Å²) in [5.74, 6) is -0.648. The topological polar surface area (TPSA) is 75.6 Å². The van der Waals surface area contributed by atoms with Gasteiger partial charge >= 0.3 is 5.97 Å². The Morgan fingerprint density at radius 3 is 2.42 bits per heavy atom. The summed E-state index contributed by atoms with van der Waals surface area (Å²) in [6.07, 6.45) is 0.948. The molecule has 1 unspecified atom stereocenters. The van der Waals surface area contributed by atoms with Crippen LogP contribution in [0, 0.1) is 0 Å². The van der Waals surface area contributed by atoms with Crippen molar-refractivity contribution in [3.8, 4) is 5.75 Å². The lowest BCUT2D eigenvalue weighted by molar-refractivity contribution is -0.137. The highest BCUT2D eigenvalue weighted by Gasteiger charge is 2.18. The van der Waals surface area contributed by atoms with Crippen LogP contribution in [0.2, 0.25) is 0 Å². The lowest BCUT2D eigenvalue weighted by atomic mass is 10.0. The second kappa shape index (κ2) is 8.72. The molecule has 5 nitrogen and oxygen atoms in total. The maximum atomic E-state index is 12.5. The molecule has 0 aliphatic heterocycles. The van der Waals surface area contributed by atoms with Crippen LogP contribution in [-0.2, 0) is 11.2 Å². The number of nitrogens with one attached hydrogen (secondary N) is 1. The molecule has 0 saturated heterocycles. The molecule has 0 aromatic heterocycles. The van der Waals surface area contributed by atoms with Crippen molar-refractivity contribution in [2.75, 3.05) is 7.11 Å². The summed E-state index contributed by atoms with van der Waals surface area (Å²) in [5, 5.41) is 11.9. The number of carboxylic acid groups (broad SMARTS) is 1. The fourth-order valence-electron chi connectivity index (χ4n) is 2.52. The van der Waals surface area contributed by atoms with Crippen LogP contribution in [0.3, 0.4) is 0 Å². The van der Waals surface area contributed by atoms with E-state index in [0.717, 1.165) is 5.56 Å². The Bertz CT molecular complexity index is 685. The zero-order chi connectivity index (χ0) is 17.4. The summed E-state index contributed by atoms with van der Waals surface area (Å²) in [4.78, 5) is 23.4. The third-order valence-corrected chi connectivity index (χ3v) is 3.72. The van der Waals surface area contributed by atoms with Gasteiger partial charge in [-0.05, 0) is 30.5 Å². The molecule has 24 heavy (non-hydrogen) atoms. The van der Waals surface area contributed by atoms with Crippen LogP contribution in [0.15, 0.2) is 54.6 Å². The van der Waals surface area contributed by atoms with Gasteiger partial charge in [-0.1, -0.05) is 42.5 Å². The first-order valence-corrected chi connectivity index (χ1v) is 7.79. The smallest absolute Gasteiger partial charge is 0.303 e. The van der Waals surface area contributed by atoms with Crippen LogP contribution in [0.25, 0.3) is 0 Å². The van der Waals surface area contributed by atoms with Gasteiger partial charge in [0.05, 0.1) is 12.7 Å². The van der Waals surface area contributed by atoms with Crippen LogP contribution in [0.4, 0.5) is 0 Å². The van der Waals surface area contributed by atoms with E-state index in [-0.39, 0.29) is 18.4 Å². The van der Waals surface area contributed by atoms with E-state index in [0.29, 0.717) is 24.2 Å². The number of para-hydroxylation sites is 1. The highest BCUT2D eigenvalue weighted by molar-refractivity contribution is 5.97. The fourth-order valence-corrected chi connectivity index (χ4v) is 2.52. The SMILES string of the molecule is COc1ccccc1C(=O)NC(CCC(=O)O)Cc1ccccc1. The third-order valence-electron chi connectivity index (χ3n) is 3.72. The second-order valence-electron chi connectivity index (χ2n) is 5.49. The van der Waals surface area contributed by atoms with Crippen molar-refractivity contribution >= 4 is 11.9 Å². The number of carbonyl (C=O) groups is 2. The lowest BCUT2D eigenvalue weighted by Crippen LogP contribution is -2.37. The molecule has 0 radical (unpaired) electrons. The van der Waals surface area contributed by atoms with Gasteiger partial charge in [0.2, 0.25) is 0 Å². The first-order valence-electron chi connectivity index (χ1n) is 7.79. The highest BCUT2D eigenvalue weighted by atomic mass is 16.5. The van der Waals surface area contributed by atoms with Crippen molar-refractivity contribution in [3.63, 3.8) is 0 Å². The van der Waals surface area contributed by atoms with E-state index in [1.807, 2.05) is 30.3 Å². The predicted molar refractivity (Wildman–Crippen MR) is 91.3 cm³/mol. The number of aliphatic carboxylic acids is 1. The van der Waals surface area contributed by atoms with Crippen molar-refractivity contribution in [2.24, 2.45) is 0 Å². The van der Waals surface area contributed by atoms with Gasteiger partial charge in [0.15, 0.2) is 0 Å². The van der Waals surface area contributed by atoms with E-state index < -0.39 is 5.97 Å². The number of carbonyl (C=O) groups excluding carboxylic acids is 1. The number of rotatable bonds is 8. The molecule has 126 valence electrons. The summed E-state index contributed by atoms with van der Waals surface area (Å²) < 4.78 is 5.21. The van der Waals surface area contributed by atoms with E-state index in [9.17, 15) is 9.59 Å². The summed E-state index contributed by atoms with van der Waals surface area (Å²) in [7, 11) is 1.51. The number of amides is 1. The van der Waals surface area contributed by atoms with Gasteiger partial charge in [0, 0.05) is 12.5 Å². The Kier molecular flexibility index (Phi) is 6.37. The minimum atomic E-state index is -0.875. The summed E-state index contributed by atoms with van der Waals surface area (Å²) in [5.41, 5.74) is 1.49. The second-order valence-corrected chi connectivity index (χ2v) is 5.49. The van der Waals surface area contributed by atoms with Crippen molar-refractivity contribution in [1.82, 2.24) is 5.32 Å². The van der Waals surface area contributed by atoms with E-state index in [2.05, 4.69) is 5.32 Å². The molecule has 0 bridgehead atoms. The molecule has 2 rings (SSSR count). The van der Waals surface area contributed by atoms with E-state index >= 15 is 0 Å². The largest absolute Gasteiger partial charge is 0.496 e. The normalized spacial score (nSPS) is 11.5. The molecule has 0 saturated carbocycles. The zero-order valence-electron chi connectivity index (χ0n) is 13.6. The van der Waals surface area contributed by atoms with Crippen LogP contribution in [-0.4, -0.2) is 30.1 Å². The molecule has 1 atom stereocenters. The molecular weight excluding hydrogens is 306 g/mol. The fraction of sp³-hybridized carbons (Fsp3) is 0.263. The average Bonchev–Trinajstić information content (AvgIpc) is 2.60. The van der Waals surface area contributed by atoms with Crippen molar-refractivity contribution in [1.29, 1.82) is 0 Å². The lowest BCUT2D eigenvalue weighted by Gasteiger charge is -2.19. The van der Waals surface area contributed by atoms with E-state index in [1.54, 1.807) is 24.3 Å². The van der Waals surface area contributed by atoms with Crippen molar-refractivity contribution in [3.05, 3.63) is 65.7 Å². The Morgan fingerprint density at radius 1 is 1.08 bits per heavy atom. The highest BCUT2D eigenvalue weighted by Crippen LogP contribution is 2.18. The van der Waals surface area contributed by atoms with Crippen molar-refractivity contribution in [2.45, 2.75) is 25.3 Å². The molecule has 1 amide bonds. The monoisotopic (exact) mass is 327 g/mol. The van der Waals surface area contributed by atoms with Gasteiger partial charge in [-0.15, -0.1) is 0 Å². The van der Waals surface area contributed by atoms with Gasteiger partial charge in [-0.3, -0.25) is 9.59 Å². The van der Waals surface area contributed by atoms with Gasteiger partial charge < -0.3 is 15.2 Å². The maximum absolute atomic E-state index is 12.5. The van der Waals surface area contributed by atoms with Gasteiger partial charge in [0.1, 0.15) is 5.75 Å². The van der Waals surface area contributed by atoms with Gasteiger partial charge in [0.25, 0.3) is 5.91 Å². The number of methoxy groups -OCH3 is 1. The number of benzene rings is 2. The van der Waals surface area contributed by atoms with Crippen molar-refractivity contribution < 1.29 is 19.4 Å². The third kappa shape index (κ3) is 5.12. The van der Waals surface area contributed by atoms with Crippen LogP contribution < -0.4 is 10.1 Å². The predicted octanol–water partition coefficient (Wildman–Crippen LogP) is 2.90. The number of carboxylic acids is 1. The minimum absolute atomic E-state index is 0.00368. The van der Waals surface area contributed by atoms with Crippen LogP contribution in [0.5, 0.6) is 5.75 Å². The molecule has 0 aliphatic rings. The molecule has 0 spiro atoms. The summed E-state index contributed by atoms with van der Waals surface area (Å²) in [6, 6.07) is 16.4. The average molecular weight is 327 g/mol. The number of hydrogen-bond acceptors (Lipinski definition) is 3.